The molecule has 1 N–H and O–H groups in total. The van der Waals surface area contributed by atoms with Crippen molar-refractivity contribution in [2.24, 2.45) is 10.8 Å². The molecule has 6 nitrogen and oxygen atoms in total. The monoisotopic (exact) mass is 684 g/mol. The lowest BCUT2D eigenvalue weighted by atomic mass is 9.63. The smallest absolute Gasteiger partial charge is 0.262 e. The van der Waals surface area contributed by atoms with Crippen molar-refractivity contribution in [2.75, 3.05) is 18.5 Å². The van der Waals surface area contributed by atoms with Crippen molar-refractivity contribution < 1.29 is 19.1 Å². The number of halogens is 2. The molecule has 0 radical (unpaired) electrons. The molecule has 0 fully saturated rings. The molecule has 1 amide bonds. The molecule has 8 heteroatoms. The second-order valence-electron chi connectivity index (χ2n) is 14.9. The minimum absolute atomic E-state index is 0.0736. The molecule has 0 bridgehead atoms. The Balaban J connectivity index is 1.34. The standard InChI is InChI=1S/C40H42Cl2N2O4/c1-24-11-13-27(18-28(24)41)43-35(47)23-48-34-14-12-26(17-29(34)42)36-37-30(19-39(2,3)21-32(37)45)44(16-15-25-9-7-6-8-10-25)31-20-40(4,5)22-33(46)38(31)36/h6-14,17-18,36H,15-16,19-23H2,1-5H3,(H,43,47). The molecule has 0 atom stereocenters. The Morgan fingerprint density at radius 1 is 0.833 bits per heavy atom. The minimum atomic E-state index is -0.517. The van der Waals surface area contributed by atoms with Gasteiger partial charge in [0.25, 0.3) is 5.91 Å². The predicted molar refractivity (Wildman–Crippen MR) is 191 cm³/mol. The van der Waals surface area contributed by atoms with Crippen LogP contribution in [0.2, 0.25) is 10.0 Å². The van der Waals surface area contributed by atoms with Crippen LogP contribution in [0.25, 0.3) is 0 Å². The molecular weight excluding hydrogens is 643 g/mol. The summed E-state index contributed by atoms with van der Waals surface area (Å²) in [6, 6.07) is 21.0. The van der Waals surface area contributed by atoms with Crippen molar-refractivity contribution in [3.63, 3.8) is 0 Å². The molecule has 0 unspecified atom stereocenters. The summed E-state index contributed by atoms with van der Waals surface area (Å²) in [5, 5.41) is 3.66. The maximum Gasteiger partial charge on any atom is 0.262 e. The van der Waals surface area contributed by atoms with Gasteiger partial charge in [0.1, 0.15) is 5.75 Å². The highest BCUT2D eigenvalue weighted by atomic mass is 35.5. The second-order valence-corrected chi connectivity index (χ2v) is 15.7. The third kappa shape index (κ3) is 7.11. The molecule has 0 saturated carbocycles. The third-order valence-corrected chi connectivity index (χ3v) is 10.3. The van der Waals surface area contributed by atoms with Crippen LogP contribution in [-0.2, 0) is 20.8 Å². The zero-order valence-corrected chi connectivity index (χ0v) is 29.7. The van der Waals surface area contributed by atoms with Crippen LogP contribution in [-0.4, -0.2) is 35.5 Å². The second kappa shape index (κ2) is 13.2. The number of anilines is 1. The van der Waals surface area contributed by atoms with Crippen LogP contribution in [0.5, 0.6) is 5.75 Å². The van der Waals surface area contributed by atoms with Crippen molar-refractivity contribution in [2.45, 2.75) is 72.6 Å². The number of hydrogen-bond acceptors (Lipinski definition) is 5. The van der Waals surface area contributed by atoms with Crippen LogP contribution in [0.15, 0.2) is 89.3 Å². The van der Waals surface area contributed by atoms with Gasteiger partial charge in [0, 0.05) is 58.6 Å². The molecule has 0 aromatic heterocycles. The summed E-state index contributed by atoms with van der Waals surface area (Å²) in [6.45, 7) is 10.9. The summed E-state index contributed by atoms with van der Waals surface area (Å²) in [5.41, 5.74) is 6.50. The number of allylic oxidation sites excluding steroid dienone is 4. The van der Waals surface area contributed by atoms with Crippen molar-refractivity contribution in [1.82, 2.24) is 4.90 Å². The summed E-state index contributed by atoms with van der Waals surface area (Å²) in [4.78, 5) is 43.3. The van der Waals surface area contributed by atoms with E-state index in [0.29, 0.717) is 52.0 Å². The molecule has 0 saturated heterocycles. The first-order chi connectivity index (χ1) is 22.7. The first-order valence-corrected chi connectivity index (χ1v) is 17.3. The molecule has 3 aliphatic rings. The maximum atomic E-state index is 14.1. The fraction of sp³-hybridized carbons (Fsp3) is 0.375. The molecule has 6 rings (SSSR count). The minimum Gasteiger partial charge on any atom is -0.482 e. The van der Waals surface area contributed by atoms with E-state index in [1.165, 1.54) is 5.56 Å². The SMILES string of the molecule is Cc1ccc(NC(=O)COc2ccc(C3C4=C(CC(C)(C)CC4=O)N(CCc4ccccc4)C4=C3C(=O)CC(C)(C)C4)cc2Cl)cc1Cl. The number of hydrogen-bond donors (Lipinski definition) is 1. The number of aryl methyl sites for hydroxylation is 1. The van der Waals surface area contributed by atoms with E-state index in [0.717, 1.165) is 41.8 Å². The molecule has 3 aromatic rings. The number of rotatable bonds is 8. The topological polar surface area (TPSA) is 75.7 Å². The zero-order valence-electron chi connectivity index (χ0n) is 28.2. The van der Waals surface area contributed by atoms with Gasteiger partial charge in [-0.05, 0) is 78.0 Å². The van der Waals surface area contributed by atoms with Gasteiger partial charge in [-0.1, -0.05) is 93.4 Å². The number of carbonyl (C=O) groups excluding carboxylic acids is 3. The van der Waals surface area contributed by atoms with Gasteiger partial charge in [-0.3, -0.25) is 14.4 Å². The van der Waals surface area contributed by atoms with Crippen molar-refractivity contribution >= 4 is 46.4 Å². The lowest BCUT2D eigenvalue weighted by Crippen LogP contribution is -2.45. The summed E-state index contributed by atoms with van der Waals surface area (Å²) in [7, 11) is 0. The van der Waals surface area contributed by atoms with Crippen LogP contribution >= 0.6 is 23.2 Å². The van der Waals surface area contributed by atoms with E-state index in [1.807, 2.05) is 37.3 Å². The highest BCUT2D eigenvalue weighted by Gasteiger charge is 2.49. The number of carbonyl (C=O) groups is 3. The number of ketones is 2. The lowest BCUT2D eigenvalue weighted by Gasteiger charge is -2.49. The van der Waals surface area contributed by atoms with Gasteiger partial charge in [-0.2, -0.15) is 0 Å². The van der Waals surface area contributed by atoms with Crippen LogP contribution < -0.4 is 10.1 Å². The average molecular weight is 686 g/mol. The fourth-order valence-corrected chi connectivity index (χ4v) is 7.79. The van der Waals surface area contributed by atoms with Gasteiger partial charge >= 0.3 is 0 Å². The Morgan fingerprint density at radius 2 is 1.46 bits per heavy atom. The first-order valence-electron chi connectivity index (χ1n) is 16.5. The summed E-state index contributed by atoms with van der Waals surface area (Å²) < 4.78 is 5.83. The van der Waals surface area contributed by atoms with Crippen LogP contribution in [0.4, 0.5) is 5.69 Å². The Hall–Kier alpha value is -3.87. The van der Waals surface area contributed by atoms with Crippen LogP contribution in [0.1, 0.15) is 76.0 Å². The van der Waals surface area contributed by atoms with E-state index in [1.54, 1.807) is 24.3 Å². The number of Topliss-reactive ketones (excluding diaryl/α,β-unsaturated/α-hetero) is 2. The van der Waals surface area contributed by atoms with Gasteiger partial charge < -0.3 is 15.0 Å². The third-order valence-electron chi connectivity index (χ3n) is 9.59. The number of nitrogens with zero attached hydrogens (tertiary/aromatic N) is 1. The maximum absolute atomic E-state index is 14.1. The van der Waals surface area contributed by atoms with Gasteiger partial charge in [-0.15, -0.1) is 0 Å². The summed E-state index contributed by atoms with van der Waals surface area (Å²) in [5.74, 6) is -0.382. The van der Waals surface area contributed by atoms with Gasteiger partial charge in [0.15, 0.2) is 18.2 Å². The highest BCUT2D eigenvalue weighted by molar-refractivity contribution is 6.32. The first kappa shape index (κ1) is 34.0. The normalized spacial score (nSPS) is 18.9. The highest BCUT2D eigenvalue weighted by Crippen LogP contribution is 2.54. The Morgan fingerprint density at radius 3 is 2.04 bits per heavy atom. The van der Waals surface area contributed by atoms with E-state index < -0.39 is 5.92 Å². The van der Waals surface area contributed by atoms with Gasteiger partial charge in [0.05, 0.1) is 5.02 Å². The molecule has 250 valence electrons. The molecule has 48 heavy (non-hydrogen) atoms. The van der Waals surface area contributed by atoms with Crippen LogP contribution in [0.3, 0.4) is 0 Å². The van der Waals surface area contributed by atoms with Crippen molar-refractivity contribution in [3.05, 3.63) is 116 Å². The molecule has 2 aliphatic carbocycles. The summed E-state index contributed by atoms with van der Waals surface area (Å²) in [6.07, 6.45) is 3.09. The molecule has 1 heterocycles. The van der Waals surface area contributed by atoms with Crippen molar-refractivity contribution in [3.8, 4) is 5.75 Å². The Kier molecular flexibility index (Phi) is 9.36. The number of ether oxygens (including phenoxy) is 1. The molecule has 1 aliphatic heterocycles. The average Bonchev–Trinajstić information content (AvgIpc) is 3.00. The van der Waals surface area contributed by atoms with E-state index in [9.17, 15) is 14.4 Å². The number of amides is 1. The molecule has 3 aromatic carbocycles. The number of benzene rings is 3. The van der Waals surface area contributed by atoms with Crippen LogP contribution in [0, 0.1) is 17.8 Å². The van der Waals surface area contributed by atoms with Gasteiger partial charge in [0.2, 0.25) is 0 Å². The fourth-order valence-electron chi connectivity index (χ4n) is 7.36. The van der Waals surface area contributed by atoms with E-state index in [2.05, 4.69) is 50.0 Å². The predicted octanol–water partition coefficient (Wildman–Crippen LogP) is 9.25. The van der Waals surface area contributed by atoms with Crippen molar-refractivity contribution in [1.29, 1.82) is 0 Å². The van der Waals surface area contributed by atoms with E-state index >= 15 is 0 Å². The van der Waals surface area contributed by atoms with Gasteiger partial charge in [-0.25, -0.2) is 0 Å². The molecular formula is C40H42Cl2N2O4. The largest absolute Gasteiger partial charge is 0.482 e. The number of nitrogens with one attached hydrogen (secondary N) is 1. The Labute approximate surface area is 293 Å². The quantitative estimate of drug-likeness (QED) is 0.256. The summed E-state index contributed by atoms with van der Waals surface area (Å²) >= 11 is 13.0. The lowest BCUT2D eigenvalue weighted by molar-refractivity contribution is -0.120. The van der Waals surface area contributed by atoms with E-state index in [4.69, 9.17) is 27.9 Å². The zero-order chi connectivity index (χ0) is 34.4. The molecule has 0 spiro atoms. The Bertz CT molecular complexity index is 1800. The van der Waals surface area contributed by atoms with E-state index in [-0.39, 0.29) is 34.9 Å².